The van der Waals surface area contributed by atoms with E-state index in [1.54, 1.807) is 76.5 Å². The molecule has 2 aromatic heterocycles. The first-order valence-corrected chi connectivity index (χ1v) is 18.3. The Labute approximate surface area is 317 Å². The van der Waals surface area contributed by atoms with Crippen molar-refractivity contribution in [1.82, 2.24) is 31.2 Å². The van der Waals surface area contributed by atoms with Gasteiger partial charge in [0.15, 0.2) is 0 Å². The van der Waals surface area contributed by atoms with E-state index in [4.69, 9.17) is 0 Å². The van der Waals surface area contributed by atoms with Crippen LogP contribution in [0.4, 0.5) is 0 Å². The lowest BCUT2D eigenvalue weighted by molar-refractivity contribution is -0.132. The van der Waals surface area contributed by atoms with Crippen LogP contribution in [-0.2, 0) is 44.9 Å². The SMILES string of the molecule is CC(C)C(NC(=O)Cc1ccccn1)C(=O)NC(Cc1ccccc1)C(O)C(O)C(Cc1ccccc1)NC(=O)C(NC(=O)Cc1ccccn1)C(C)C. The van der Waals surface area contributed by atoms with E-state index in [2.05, 4.69) is 31.2 Å². The number of carbonyl (C=O) groups is 4. The Balaban J connectivity index is 1.56. The number of hydrogen-bond acceptors (Lipinski definition) is 8. The van der Waals surface area contributed by atoms with Gasteiger partial charge in [0.1, 0.15) is 24.3 Å². The number of aromatic nitrogens is 2. The van der Waals surface area contributed by atoms with Gasteiger partial charge in [-0.2, -0.15) is 0 Å². The maximum absolute atomic E-state index is 13.9. The molecule has 2 heterocycles. The normalized spacial score (nSPS) is 14.6. The Morgan fingerprint density at radius 1 is 0.519 bits per heavy atom. The van der Waals surface area contributed by atoms with Crippen LogP contribution in [-0.4, -0.2) is 80.2 Å². The standard InChI is InChI=1S/C42H52N6O6/c1-27(2)37(47-35(49)25-31-19-11-13-21-43-31)41(53)45-33(23-29-15-7-5-8-16-29)39(51)40(52)34(24-30-17-9-6-10-18-30)46-42(54)38(28(3)4)48-36(50)26-32-20-12-14-22-44-32/h5-22,27-28,33-34,37-40,51-52H,23-26H2,1-4H3,(H,45,53)(H,46,54)(H,47,49)(H,48,50). The summed E-state index contributed by atoms with van der Waals surface area (Å²) in [6.45, 7) is 7.20. The van der Waals surface area contributed by atoms with Gasteiger partial charge >= 0.3 is 0 Å². The van der Waals surface area contributed by atoms with Crippen molar-refractivity contribution >= 4 is 23.6 Å². The van der Waals surface area contributed by atoms with Gasteiger partial charge in [0.05, 0.1) is 24.9 Å². The molecule has 0 aliphatic rings. The van der Waals surface area contributed by atoms with E-state index >= 15 is 0 Å². The number of aliphatic hydroxyl groups is 2. The van der Waals surface area contributed by atoms with Crippen LogP contribution < -0.4 is 21.3 Å². The van der Waals surface area contributed by atoms with E-state index in [0.717, 1.165) is 11.1 Å². The van der Waals surface area contributed by atoms with Crippen LogP contribution >= 0.6 is 0 Å². The topological polar surface area (TPSA) is 183 Å². The van der Waals surface area contributed by atoms with Crippen LogP contribution in [0.2, 0.25) is 0 Å². The fourth-order valence-electron chi connectivity index (χ4n) is 6.12. The minimum Gasteiger partial charge on any atom is -0.388 e. The highest BCUT2D eigenvalue weighted by atomic mass is 16.3. The van der Waals surface area contributed by atoms with E-state index < -0.39 is 48.2 Å². The zero-order valence-corrected chi connectivity index (χ0v) is 31.3. The first-order valence-electron chi connectivity index (χ1n) is 18.3. The Hall–Kier alpha value is -5.46. The number of rotatable bonds is 19. The molecule has 6 atom stereocenters. The molecule has 0 bridgehead atoms. The minimum absolute atomic E-state index is 0.0199. The van der Waals surface area contributed by atoms with Crippen molar-refractivity contribution in [3.8, 4) is 0 Å². The number of nitrogens with zero attached hydrogens (tertiary/aromatic N) is 2. The predicted octanol–water partition coefficient (Wildman–Crippen LogP) is 2.72. The van der Waals surface area contributed by atoms with Crippen molar-refractivity contribution in [2.24, 2.45) is 11.8 Å². The molecule has 0 aliphatic heterocycles. The third-order valence-electron chi connectivity index (χ3n) is 9.09. The van der Waals surface area contributed by atoms with Crippen LogP contribution in [0.1, 0.15) is 50.2 Å². The molecule has 0 radical (unpaired) electrons. The van der Waals surface area contributed by atoms with Crippen LogP contribution in [0, 0.1) is 11.8 Å². The molecule has 12 heteroatoms. The third kappa shape index (κ3) is 12.9. The molecule has 0 saturated heterocycles. The zero-order valence-electron chi connectivity index (χ0n) is 31.3. The highest BCUT2D eigenvalue weighted by molar-refractivity contribution is 5.89. The fraction of sp³-hybridized carbons (Fsp3) is 0.381. The van der Waals surface area contributed by atoms with Crippen LogP contribution in [0.5, 0.6) is 0 Å². The number of pyridine rings is 2. The molecule has 286 valence electrons. The maximum atomic E-state index is 13.9. The van der Waals surface area contributed by atoms with Gasteiger partial charge in [0, 0.05) is 23.8 Å². The quantitative estimate of drug-likeness (QED) is 0.0850. The highest BCUT2D eigenvalue weighted by Gasteiger charge is 2.37. The van der Waals surface area contributed by atoms with Crippen molar-refractivity contribution in [2.75, 3.05) is 0 Å². The molecule has 6 unspecified atom stereocenters. The molecule has 54 heavy (non-hydrogen) atoms. The second-order valence-corrected chi connectivity index (χ2v) is 14.2. The Morgan fingerprint density at radius 3 is 1.19 bits per heavy atom. The molecule has 2 aromatic carbocycles. The maximum Gasteiger partial charge on any atom is 0.243 e. The third-order valence-corrected chi connectivity index (χ3v) is 9.09. The number of amides is 4. The minimum atomic E-state index is -1.57. The Bertz CT molecular complexity index is 1630. The summed E-state index contributed by atoms with van der Waals surface area (Å²) < 4.78 is 0. The molecule has 12 nitrogen and oxygen atoms in total. The first kappa shape index (κ1) is 41.3. The molecule has 4 amide bonds. The van der Waals surface area contributed by atoms with E-state index in [1.807, 2.05) is 60.7 Å². The molecule has 0 aliphatic carbocycles. The average molecular weight is 737 g/mol. The van der Waals surface area contributed by atoms with E-state index in [-0.39, 0.29) is 49.3 Å². The fourth-order valence-corrected chi connectivity index (χ4v) is 6.12. The molecule has 4 aromatic rings. The van der Waals surface area contributed by atoms with Gasteiger partial charge in [0.2, 0.25) is 23.6 Å². The number of nitrogens with one attached hydrogen (secondary N) is 4. The van der Waals surface area contributed by atoms with Crippen LogP contribution in [0.15, 0.2) is 109 Å². The lowest BCUT2D eigenvalue weighted by atomic mass is 9.90. The molecule has 0 spiro atoms. The van der Waals surface area contributed by atoms with Crippen molar-refractivity contribution in [2.45, 2.75) is 89.8 Å². The van der Waals surface area contributed by atoms with Gasteiger partial charge in [-0.3, -0.25) is 29.1 Å². The summed E-state index contributed by atoms with van der Waals surface area (Å²) in [5, 5.41) is 35.3. The van der Waals surface area contributed by atoms with E-state index in [9.17, 15) is 29.4 Å². The Morgan fingerprint density at radius 2 is 0.870 bits per heavy atom. The summed E-state index contributed by atoms with van der Waals surface area (Å²) in [6, 6.07) is 24.9. The highest BCUT2D eigenvalue weighted by Crippen LogP contribution is 2.17. The van der Waals surface area contributed by atoms with Crippen molar-refractivity contribution in [3.05, 3.63) is 132 Å². The summed E-state index contributed by atoms with van der Waals surface area (Å²) in [7, 11) is 0. The lowest BCUT2D eigenvalue weighted by Crippen LogP contribution is -2.61. The van der Waals surface area contributed by atoms with Crippen LogP contribution in [0.3, 0.4) is 0 Å². The van der Waals surface area contributed by atoms with Gasteiger partial charge in [0.25, 0.3) is 0 Å². The van der Waals surface area contributed by atoms with Gasteiger partial charge < -0.3 is 31.5 Å². The van der Waals surface area contributed by atoms with Crippen LogP contribution in [0.25, 0.3) is 0 Å². The summed E-state index contributed by atoms with van der Waals surface area (Å²) in [5.74, 6) is -2.48. The van der Waals surface area contributed by atoms with Gasteiger partial charge in [-0.1, -0.05) is 100 Å². The second kappa shape index (κ2) is 20.7. The summed E-state index contributed by atoms with van der Waals surface area (Å²) in [5.41, 5.74) is 2.68. The molecule has 6 N–H and O–H groups in total. The van der Waals surface area contributed by atoms with Gasteiger partial charge in [-0.05, 0) is 60.1 Å². The summed E-state index contributed by atoms with van der Waals surface area (Å²) in [6.07, 6.45) is 0.275. The molecule has 4 rings (SSSR count). The van der Waals surface area contributed by atoms with E-state index in [1.165, 1.54) is 0 Å². The molecular weight excluding hydrogens is 684 g/mol. The predicted molar refractivity (Wildman–Crippen MR) is 206 cm³/mol. The average Bonchev–Trinajstić information content (AvgIpc) is 3.16. The van der Waals surface area contributed by atoms with Crippen molar-refractivity contribution in [1.29, 1.82) is 0 Å². The molecule has 0 saturated carbocycles. The smallest absolute Gasteiger partial charge is 0.243 e. The van der Waals surface area contributed by atoms with Gasteiger partial charge in [-0.25, -0.2) is 0 Å². The van der Waals surface area contributed by atoms with Gasteiger partial charge in [-0.15, -0.1) is 0 Å². The number of aliphatic hydroxyl groups excluding tert-OH is 2. The number of hydrogen-bond donors (Lipinski definition) is 6. The second-order valence-electron chi connectivity index (χ2n) is 14.2. The summed E-state index contributed by atoms with van der Waals surface area (Å²) >= 11 is 0. The zero-order chi connectivity index (χ0) is 39.0. The Kier molecular flexibility index (Phi) is 15.8. The molecule has 0 fully saturated rings. The monoisotopic (exact) mass is 736 g/mol. The molecular formula is C42H52N6O6. The van der Waals surface area contributed by atoms with Crippen molar-refractivity contribution < 1.29 is 29.4 Å². The number of carbonyl (C=O) groups excluding carboxylic acids is 4. The number of benzene rings is 2. The first-order chi connectivity index (χ1) is 25.9. The largest absolute Gasteiger partial charge is 0.388 e. The lowest BCUT2D eigenvalue weighted by Gasteiger charge is -2.35. The van der Waals surface area contributed by atoms with E-state index in [0.29, 0.717) is 11.4 Å². The summed E-state index contributed by atoms with van der Waals surface area (Å²) in [4.78, 5) is 62.1. The van der Waals surface area contributed by atoms with Crippen molar-refractivity contribution in [3.63, 3.8) is 0 Å².